The molecule has 1 aromatic carbocycles. The van der Waals surface area contributed by atoms with Crippen molar-refractivity contribution in [3.63, 3.8) is 0 Å². The highest BCUT2D eigenvalue weighted by atomic mass is 79.9. The maximum Gasteiger partial charge on any atom is 0.244 e. The van der Waals surface area contributed by atoms with Gasteiger partial charge in [-0.05, 0) is 54.9 Å². The lowest BCUT2D eigenvalue weighted by Crippen LogP contribution is -2.51. The lowest BCUT2D eigenvalue weighted by atomic mass is 9.91. The topological polar surface area (TPSA) is 49.4 Å². The summed E-state index contributed by atoms with van der Waals surface area (Å²) in [6.07, 6.45) is 1.65. The Hall–Kier alpha value is -0.430. The van der Waals surface area contributed by atoms with Gasteiger partial charge in [-0.25, -0.2) is 8.42 Å². The second kappa shape index (κ2) is 5.52. The minimum atomic E-state index is -3.39. The van der Waals surface area contributed by atoms with Crippen LogP contribution in [0.15, 0.2) is 33.6 Å². The van der Waals surface area contributed by atoms with Crippen molar-refractivity contribution in [2.75, 3.05) is 20.1 Å². The molecule has 6 heteroatoms. The Morgan fingerprint density at radius 2 is 1.84 bits per heavy atom. The fourth-order valence-electron chi connectivity index (χ4n) is 2.26. The van der Waals surface area contributed by atoms with Gasteiger partial charge in [0.25, 0.3) is 0 Å². The molecule has 0 aromatic heterocycles. The summed E-state index contributed by atoms with van der Waals surface area (Å²) in [5.74, 6) is 0. The Bertz CT molecular complexity index is 552. The molecule has 1 aromatic rings. The van der Waals surface area contributed by atoms with Crippen LogP contribution in [0.3, 0.4) is 0 Å². The summed E-state index contributed by atoms with van der Waals surface area (Å²) in [6.45, 7) is 3.25. The molecule has 1 fully saturated rings. The van der Waals surface area contributed by atoms with Crippen LogP contribution in [0, 0.1) is 0 Å². The Morgan fingerprint density at radius 3 is 2.37 bits per heavy atom. The van der Waals surface area contributed by atoms with Gasteiger partial charge in [-0.2, -0.15) is 4.31 Å². The summed E-state index contributed by atoms with van der Waals surface area (Å²) in [5.41, 5.74) is 0.0416. The van der Waals surface area contributed by atoms with E-state index in [1.807, 2.05) is 13.1 Å². The number of hydrogen-bond donors (Lipinski definition) is 1. The lowest BCUT2D eigenvalue weighted by Gasteiger charge is -2.38. The summed E-state index contributed by atoms with van der Waals surface area (Å²) in [4.78, 5) is 0.350. The number of sulfonamides is 1. The molecule has 0 bridgehead atoms. The monoisotopic (exact) mass is 346 g/mol. The van der Waals surface area contributed by atoms with E-state index in [4.69, 9.17) is 0 Å². The van der Waals surface area contributed by atoms with E-state index in [1.54, 1.807) is 22.5 Å². The summed E-state index contributed by atoms with van der Waals surface area (Å²) < 4.78 is 27.4. The van der Waals surface area contributed by atoms with Gasteiger partial charge >= 0.3 is 0 Å². The number of piperidine rings is 1. The smallest absolute Gasteiger partial charge is 0.244 e. The van der Waals surface area contributed by atoms with Gasteiger partial charge in [-0.15, -0.1) is 0 Å². The highest BCUT2D eigenvalue weighted by molar-refractivity contribution is 9.10. The molecule has 2 rings (SSSR count). The van der Waals surface area contributed by atoms with Crippen LogP contribution in [0.4, 0.5) is 0 Å². The number of rotatable bonds is 3. The number of nitrogens with zero attached hydrogens (tertiary/aromatic N) is 1. The van der Waals surface area contributed by atoms with Crippen molar-refractivity contribution in [3.8, 4) is 0 Å². The molecule has 0 amide bonds. The minimum absolute atomic E-state index is 0.0416. The fourth-order valence-corrected chi connectivity index (χ4v) is 4.67. The molecular formula is C13H19BrN2O2S. The maximum atomic E-state index is 12.6. The predicted molar refractivity (Wildman–Crippen MR) is 79.6 cm³/mol. The van der Waals surface area contributed by atoms with E-state index in [-0.39, 0.29) is 5.54 Å². The van der Waals surface area contributed by atoms with Gasteiger partial charge in [0.05, 0.1) is 4.90 Å². The van der Waals surface area contributed by atoms with Gasteiger partial charge in [0.1, 0.15) is 0 Å². The Morgan fingerprint density at radius 1 is 1.26 bits per heavy atom. The maximum absolute atomic E-state index is 12.6. The number of nitrogens with one attached hydrogen (secondary N) is 1. The predicted octanol–water partition coefficient (Wildman–Crippen LogP) is 2.21. The Labute approximate surface area is 123 Å². The zero-order chi connectivity index (χ0) is 14.1. The van der Waals surface area contributed by atoms with E-state index in [2.05, 4.69) is 28.2 Å². The number of halogens is 1. The number of benzene rings is 1. The molecule has 1 heterocycles. The molecule has 0 unspecified atom stereocenters. The van der Waals surface area contributed by atoms with Gasteiger partial charge in [-0.3, -0.25) is 0 Å². The third-order valence-corrected chi connectivity index (χ3v) is 6.79. The number of hydrogen-bond acceptors (Lipinski definition) is 3. The van der Waals surface area contributed by atoms with Crippen molar-refractivity contribution in [1.29, 1.82) is 0 Å². The van der Waals surface area contributed by atoms with Crippen LogP contribution in [0.5, 0.6) is 0 Å². The van der Waals surface area contributed by atoms with Gasteiger partial charge in [0, 0.05) is 23.1 Å². The van der Waals surface area contributed by atoms with Crippen LogP contribution in [-0.2, 0) is 10.0 Å². The third-order valence-electron chi connectivity index (χ3n) is 3.88. The average molecular weight is 347 g/mol. The summed E-state index contributed by atoms with van der Waals surface area (Å²) in [6, 6.07) is 6.97. The zero-order valence-electron chi connectivity index (χ0n) is 11.2. The van der Waals surface area contributed by atoms with Crippen molar-refractivity contribution in [2.24, 2.45) is 0 Å². The molecule has 1 aliphatic rings. The largest absolute Gasteiger partial charge is 0.314 e. The van der Waals surface area contributed by atoms with E-state index in [0.29, 0.717) is 22.5 Å². The standard InChI is InChI=1S/C13H19BrN2O2S/c1-13(15-2)7-9-16(10-8-13)19(17,18)12-6-4-3-5-11(12)14/h3-6,15H,7-10H2,1-2H3. The van der Waals surface area contributed by atoms with Crippen LogP contribution in [0.2, 0.25) is 0 Å². The quantitative estimate of drug-likeness (QED) is 0.912. The van der Waals surface area contributed by atoms with Gasteiger partial charge < -0.3 is 5.32 Å². The summed E-state index contributed by atoms with van der Waals surface area (Å²) >= 11 is 3.32. The molecule has 1 saturated heterocycles. The van der Waals surface area contributed by atoms with Crippen molar-refractivity contribution < 1.29 is 8.42 Å². The van der Waals surface area contributed by atoms with Crippen molar-refractivity contribution in [2.45, 2.75) is 30.2 Å². The van der Waals surface area contributed by atoms with Crippen LogP contribution >= 0.6 is 15.9 Å². The first kappa shape index (κ1) is 15.0. The van der Waals surface area contributed by atoms with Crippen molar-refractivity contribution in [3.05, 3.63) is 28.7 Å². The van der Waals surface area contributed by atoms with E-state index < -0.39 is 10.0 Å². The van der Waals surface area contributed by atoms with E-state index >= 15 is 0 Å². The minimum Gasteiger partial charge on any atom is -0.314 e. The highest BCUT2D eigenvalue weighted by Gasteiger charge is 2.34. The average Bonchev–Trinajstić information content (AvgIpc) is 2.39. The van der Waals surface area contributed by atoms with Crippen molar-refractivity contribution >= 4 is 26.0 Å². The lowest BCUT2D eigenvalue weighted by molar-refractivity contribution is 0.219. The van der Waals surface area contributed by atoms with Crippen LogP contribution in [-0.4, -0.2) is 38.4 Å². The van der Waals surface area contributed by atoms with Gasteiger partial charge in [0.2, 0.25) is 10.0 Å². The Balaban J connectivity index is 2.22. The molecule has 0 radical (unpaired) electrons. The first-order valence-corrected chi connectivity index (χ1v) is 8.56. The molecular weight excluding hydrogens is 328 g/mol. The molecule has 0 atom stereocenters. The third kappa shape index (κ3) is 3.02. The summed E-state index contributed by atoms with van der Waals surface area (Å²) in [5, 5.41) is 3.27. The van der Waals surface area contributed by atoms with Crippen LogP contribution < -0.4 is 5.32 Å². The molecule has 0 saturated carbocycles. The highest BCUT2D eigenvalue weighted by Crippen LogP contribution is 2.29. The normalized spacial score (nSPS) is 20.4. The first-order chi connectivity index (χ1) is 8.89. The first-order valence-electron chi connectivity index (χ1n) is 6.33. The molecule has 0 aliphatic carbocycles. The van der Waals surface area contributed by atoms with Crippen LogP contribution in [0.1, 0.15) is 19.8 Å². The van der Waals surface area contributed by atoms with Crippen LogP contribution in [0.25, 0.3) is 0 Å². The summed E-state index contributed by atoms with van der Waals surface area (Å²) in [7, 11) is -1.46. The molecule has 0 spiro atoms. The molecule has 19 heavy (non-hydrogen) atoms. The Kier molecular flexibility index (Phi) is 4.35. The van der Waals surface area contributed by atoms with Crippen molar-refractivity contribution in [1.82, 2.24) is 9.62 Å². The SMILES string of the molecule is CNC1(C)CCN(S(=O)(=O)c2ccccc2Br)CC1. The van der Waals surface area contributed by atoms with E-state index in [1.165, 1.54) is 0 Å². The fraction of sp³-hybridized carbons (Fsp3) is 0.538. The van der Waals surface area contributed by atoms with Gasteiger partial charge in [-0.1, -0.05) is 12.1 Å². The zero-order valence-corrected chi connectivity index (χ0v) is 13.6. The van der Waals surface area contributed by atoms with Gasteiger partial charge in [0.15, 0.2) is 0 Å². The molecule has 4 nitrogen and oxygen atoms in total. The molecule has 1 N–H and O–H groups in total. The second-order valence-electron chi connectivity index (χ2n) is 5.15. The molecule has 1 aliphatic heterocycles. The van der Waals surface area contributed by atoms with E-state index in [0.717, 1.165) is 12.8 Å². The molecule has 106 valence electrons. The van der Waals surface area contributed by atoms with E-state index in [9.17, 15) is 8.42 Å². The second-order valence-corrected chi connectivity index (χ2v) is 7.91.